The normalized spacial score (nSPS) is 19.8. The molecule has 224 valence electrons. The molecule has 0 unspecified atom stereocenters. The Morgan fingerprint density at radius 1 is 0.250 bits per heavy atom. The SMILES string of the molecule is [2H]c1c([2H])c([2H])c(-c2nc(-c3c([2H])c([2H])c([2H])c([2H])c3[2H])nc(-c3c([2H])c([2H])c(-c4c([2H])c([2H])c(-c5c([2H])c([2H])c6c7c([2H])c([2H])c([2H])c([2H])c7c7c([2H])c([2H])c([2H])c([2H])c7c6c5[2H])c([2H])c4[2H])c([2H])c3[2H])n2)c([2H])c1[2H]. The summed E-state index contributed by atoms with van der Waals surface area (Å²) in [7, 11) is 0. The minimum absolute atomic E-state index is 0.454. The Balaban J connectivity index is 1.34. The minimum Gasteiger partial charge on any atom is -0.208 e. The van der Waals surface area contributed by atoms with Gasteiger partial charge in [-0.1, -0.05) is 169 Å². The third kappa shape index (κ3) is 4.99. The predicted molar refractivity (Wildman–Crippen MR) is 200 cm³/mol. The van der Waals surface area contributed by atoms with Crippen molar-refractivity contribution in [1.82, 2.24) is 15.0 Å². The summed E-state index contributed by atoms with van der Waals surface area (Å²) >= 11 is 0. The van der Waals surface area contributed by atoms with E-state index in [1.165, 1.54) is 0 Å². The third-order valence-corrected chi connectivity index (χ3v) is 6.99. The Morgan fingerprint density at radius 3 is 0.979 bits per heavy atom. The topological polar surface area (TPSA) is 38.7 Å². The van der Waals surface area contributed by atoms with Crippen molar-refractivity contribution in [2.45, 2.75) is 0 Å². The zero-order valence-electron chi connectivity index (χ0n) is 52.8. The predicted octanol–water partition coefficient (Wildman–Crippen LogP) is 11.7. The first kappa shape index (κ1) is 11.1. The van der Waals surface area contributed by atoms with Crippen LogP contribution in [-0.2, 0) is 0 Å². The van der Waals surface area contributed by atoms with Crippen LogP contribution in [0.1, 0.15) is 39.8 Å². The number of aromatic nitrogens is 3. The standard InChI is InChI=1S/C45H29N3/c1-3-11-33(12-4-1)43-46-44(34-13-5-2-6-14-34)48-45(47-43)35-25-23-31(24-26-35)30-19-21-32(22-20-30)36-27-28-41-39-17-8-7-15-37(39)38-16-9-10-18-40(38)42(41)29-36/h1-29H/i1D,2D,3D,4D,5D,6D,7D,8D,9D,10D,11D,12D,13D,14D,15D,16D,17D,18D,19D,20D,21D,22D,23D,24D,25D,26D,27D,28D,29D. The molecule has 3 nitrogen and oxygen atoms in total. The van der Waals surface area contributed by atoms with Gasteiger partial charge in [0.05, 0.1) is 39.8 Å². The van der Waals surface area contributed by atoms with Crippen molar-refractivity contribution in [1.29, 1.82) is 0 Å². The van der Waals surface area contributed by atoms with Crippen LogP contribution < -0.4 is 0 Å². The van der Waals surface area contributed by atoms with E-state index in [4.69, 9.17) is 24.7 Å². The zero-order chi connectivity index (χ0) is 57.1. The lowest BCUT2D eigenvalue weighted by Crippen LogP contribution is -2.00. The van der Waals surface area contributed by atoms with E-state index in [2.05, 4.69) is 15.0 Å². The van der Waals surface area contributed by atoms with Crippen molar-refractivity contribution < 1.29 is 39.8 Å². The largest absolute Gasteiger partial charge is 0.208 e. The number of benzene rings is 8. The van der Waals surface area contributed by atoms with Gasteiger partial charge in [0.25, 0.3) is 0 Å². The number of nitrogens with zero attached hydrogens (tertiary/aromatic N) is 3. The van der Waals surface area contributed by atoms with Gasteiger partial charge in [-0.2, -0.15) is 0 Å². The Labute approximate surface area is 319 Å². The average Bonchev–Trinajstić information content (AvgIpc) is 3.51. The van der Waals surface area contributed by atoms with Gasteiger partial charge in [-0.3, -0.25) is 0 Å². The monoisotopic (exact) mass is 640 g/mol. The maximum Gasteiger partial charge on any atom is 0.164 e. The van der Waals surface area contributed by atoms with Gasteiger partial charge in [-0.25, -0.2) is 15.0 Å². The van der Waals surface area contributed by atoms with Crippen LogP contribution in [0.2, 0.25) is 0 Å². The fourth-order valence-electron chi connectivity index (χ4n) is 4.83. The maximum atomic E-state index is 9.55. The first-order valence-electron chi connectivity index (χ1n) is 28.3. The molecule has 9 aromatic rings. The Hall–Kier alpha value is -6.45. The highest BCUT2D eigenvalue weighted by atomic mass is 15.0. The van der Waals surface area contributed by atoms with Gasteiger partial charge in [-0.15, -0.1) is 0 Å². The third-order valence-electron chi connectivity index (χ3n) is 6.99. The summed E-state index contributed by atoms with van der Waals surface area (Å²) in [6, 6.07) is -26.6. The lowest BCUT2D eigenvalue weighted by molar-refractivity contribution is 1.07. The van der Waals surface area contributed by atoms with Crippen LogP contribution in [0.4, 0.5) is 0 Å². The Kier molecular flexibility index (Phi) is 2.70. The van der Waals surface area contributed by atoms with E-state index >= 15 is 0 Å². The minimum atomic E-state index is -1.09. The molecule has 1 aromatic heterocycles. The lowest BCUT2D eigenvalue weighted by atomic mass is 9.92. The smallest absolute Gasteiger partial charge is 0.164 e. The number of rotatable bonds is 5. The van der Waals surface area contributed by atoms with Gasteiger partial charge in [0.15, 0.2) is 17.5 Å². The molecule has 0 bridgehead atoms. The van der Waals surface area contributed by atoms with Crippen LogP contribution in [0.25, 0.3) is 88.7 Å². The molecule has 0 N–H and O–H groups in total. The van der Waals surface area contributed by atoms with Crippen LogP contribution >= 0.6 is 0 Å². The Morgan fingerprint density at radius 2 is 0.542 bits per heavy atom. The highest BCUT2D eigenvalue weighted by molar-refractivity contribution is 6.25. The quantitative estimate of drug-likeness (QED) is 0.176. The number of hydrogen-bond donors (Lipinski definition) is 0. The second-order valence-electron chi connectivity index (χ2n) is 9.81. The summed E-state index contributed by atoms with van der Waals surface area (Å²) in [5, 5.41) is -3.06. The van der Waals surface area contributed by atoms with Crippen molar-refractivity contribution in [2.75, 3.05) is 0 Å². The first-order valence-corrected chi connectivity index (χ1v) is 13.8. The molecule has 0 aliphatic carbocycles. The summed E-state index contributed by atoms with van der Waals surface area (Å²) in [6.45, 7) is 0. The van der Waals surface area contributed by atoms with E-state index in [9.17, 15) is 15.1 Å². The molecular weight excluding hydrogens is 583 g/mol. The van der Waals surface area contributed by atoms with E-state index in [0.29, 0.717) is 0 Å². The maximum absolute atomic E-state index is 9.55. The molecule has 0 radical (unpaired) electrons. The average molecular weight is 641 g/mol. The van der Waals surface area contributed by atoms with Crippen molar-refractivity contribution in [3.05, 3.63) is 175 Å². The molecule has 8 aromatic carbocycles. The molecule has 0 aliphatic rings. The highest BCUT2D eigenvalue weighted by Gasteiger charge is 2.13. The van der Waals surface area contributed by atoms with E-state index in [1.807, 2.05) is 0 Å². The summed E-state index contributed by atoms with van der Waals surface area (Å²) in [5.41, 5.74) is -5.67. The molecule has 0 aliphatic heterocycles. The van der Waals surface area contributed by atoms with Crippen molar-refractivity contribution in [2.24, 2.45) is 0 Å². The molecule has 0 saturated heterocycles. The summed E-state index contributed by atoms with van der Waals surface area (Å²) in [5.74, 6) is -2.47. The van der Waals surface area contributed by atoms with Gasteiger partial charge >= 0.3 is 0 Å². The van der Waals surface area contributed by atoms with E-state index in [-0.39, 0.29) is 0 Å². The fraction of sp³-hybridized carbons (Fsp3) is 0. The molecule has 9 rings (SSSR count). The molecule has 0 atom stereocenters. The lowest BCUT2D eigenvalue weighted by Gasteiger charge is -2.12. The molecule has 3 heteroatoms. The molecule has 0 fully saturated rings. The van der Waals surface area contributed by atoms with Crippen LogP contribution in [-0.4, -0.2) is 15.0 Å². The molecule has 0 saturated carbocycles. The second-order valence-corrected chi connectivity index (χ2v) is 9.81. The fourth-order valence-corrected chi connectivity index (χ4v) is 4.83. The van der Waals surface area contributed by atoms with Gasteiger partial charge < -0.3 is 0 Å². The molecule has 1 heterocycles. The number of hydrogen-bond acceptors (Lipinski definition) is 3. The summed E-state index contributed by atoms with van der Waals surface area (Å²) < 4.78 is 254. The van der Waals surface area contributed by atoms with Gasteiger partial charge in [-0.05, 0) is 60.6 Å². The second kappa shape index (κ2) is 11.7. The summed E-state index contributed by atoms with van der Waals surface area (Å²) in [4.78, 5) is 12.5. The molecular formula is C45H29N3. The van der Waals surface area contributed by atoms with Crippen molar-refractivity contribution >= 4 is 32.3 Å². The summed E-state index contributed by atoms with van der Waals surface area (Å²) in [6.07, 6.45) is 0. The van der Waals surface area contributed by atoms with E-state index in [1.54, 1.807) is 0 Å². The molecule has 48 heavy (non-hydrogen) atoms. The molecule has 0 spiro atoms. The first-order chi connectivity index (χ1) is 35.9. The van der Waals surface area contributed by atoms with Gasteiger partial charge in [0, 0.05) is 16.7 Å². The van der Waals surface area contributed by atoms with E-state index < -0.39 is 264 Å². The number of fused-ring (bicyclic) bond motifs is 6. The van der Waals surface area contributed by atoms with Crippen molar-refractivity contribution in [3.8, 4) is 56.4 Å². The van der Waals surface area contributed by atoms with Gasteiger partial charge in [0.1, 0.15) is 0 Å². The van der Waals surface area contributed by atoms with E-state index in [0.717, 1.165) is 0 Å². The van der Waals surface area contributed by atoms with Crippen LogP contribution in [0.5, 0.6) is 0 Å². The Bertz CT molecular complexity index is 4020. The van der Waals surface area contributed by atoms with Gasteiger partial charge in [0.2, 0.25) is 0 Å². The van der Waals surface area contributed by atoms with Crippen LogP contribution in [0.3, 0.4) is 0 Å². The zero-order valence-corrected chi connectivity index (χ0v) is 23.8. The molecule has 0 amide bonds. The highest BCUT2D eigenvalue weighted by Crippen LogP contribution is 2.37. The van der Waals surface area contributed by atoms with Crippen LogP contribution in [0, 0.1) is 0 Å². The van der Waals surface area contributed by atoms with Crippen molar-refractivity contribution in [3.63, 3.8) is 0 Å². The van der Waals surface area contributed by atoms with Crippen LogP contribution in [0.15, 0.2) is 175 Å².